The Kier molecular flexibility index (Phi) is 9.29. The number of hydrogen-bond donors (Lipinski definition) is 0. The highest BCUT2D eigenvalue weighted by Gasteiger charge is 2.28. The molecule has 1 nitrogen and oxygen atoms in total. The van der Waals surface area contributed by atoms with Crippen molar-refractivity contribution in [1.29, 1.82) is 0 Å². The Morgan fingerprint density at radius 2 is 0.730 bits per heavy atom. The predicted octanol–water partition coefficient (Wildman–Crippen LogP) is 18.2. The van der Waals surface area contributed by atoms with Crippen molar-refractivity contribution in [3.05, 3.63) is 237 Å². The Bertz CT molecular complexity index is 3580. The van der Waals surface area contributed by atoms with Gasteiger partial charge in [0.2, 0.25) is 0 Å². The van der Waals surface area contributed by atoms with Crippen molar-refractivity contribution in [1.82, 2.24) is 0 Å². The third-order valence-corrected chi connectivity index (χ3v) is 14.6. The molecule has 12 rings (SSSR count). The minimum absolute atomic E-state index is 1.11. The molecule has 2 heterocycles. The zero-order valence-electron chi connectivity index (χ0n) is 34.3. The normalized spacial score (nSPS) is 11.5. The highest BCUT2D eigenvalue weighted by Crippen LogP contribution is 2.56. The molecule has 0 aliphatic rings. The van der Waals surface area contributed by atoms with Crippen molar-refractivity contribution in [2.24, 2.45) is 0 Å². The van der Waals surface area contributed by atoms with Crippen LogP contribution >= 0.6 is 22.7 Å². The minimum atomic E-state index is 1.11. The molecule has 0 fully saturated rings. The van der Waals surface area contributed by atoms with Crippen molar-refractivity contribution in [2.45, 2.75) is 0 Å². The number of fused-ring (bicyclic) bond motifs is 6. The van der Waals surface area contributed by atoms with Crippen LogP contribution in [0.15, 0.2) is 237 Å². The van der Waals surface area contributed by atoms with E-state index in [9.17, 15) is 0 Å². The maximum Gasteiger partial charge on any atom is 0.0640 e. The van der Waals surface area contributed by atoms with Crippen molar-refractivity contribution in [2.75, 3.05) is 4.90 Å². The maximum absolute atomic E-state index is 2.48. The van der Waals surface area contributed by atoms with Crippen LogP contribution in [0.5, 0.6) is 0 Å². The van der Waals surface area contributed by atoms with Crippen LogP contribution in [0, 0.1) is 0 Å². The SMILES string of the molecule is c1ccc(-c2ccc(N(c3ccc4c(c3)sc3ccccc34)c3cccc4c3sc3c(-c5ccccc5)c(-c5ccccc5)c(-c5ccccc5)c(-c5ccccc5)c34)cc2)cc1. The third kappa shape index (κ3) is 6.44. The number of anilines is 3. The lowest BCUT2D eigenvalue weighted by Crippen LogP contribution is -2.10. The van der Waals surface area contributed by atoms with E-state index in [1.54, 1.807) is 0 Å². The van der Waals surface area contributed by atoms with Crippen LogP contribution in [0.1, 0.15) is 0 Å². The Morgan fingerprint density at radius 3 is 1.35 bits per heavy atom. The molecule has 0 saturated carbocycles. The summed E-state index contributed by atoms with van der Waals surface area (Å²) in [6, 6.07) is 86.6. The summed E-state index contributed by atoms with van der Waals surface area (Å²) in [7, 11) is 0. The van der Waals surface area contributed by atoms with E-state index in [0.717, 1.165) is 17.1 Å². The smallest absolute Gasteiger partial charge is 0.0640 e. The van der Waals surface area contributed by atoms with Crippen molar-refractivity contribution < 1.29 is 0 Å². The molecule has 0 aliphatic carbocycles. The highest BCUT2D eigenvalue weighted by molar-refractivity contribution is 7.27. The van der Waals surface area contributed by atoms with E-state index in [-0.39, 0.29) is 0 Å². The van der Waals surface area contributed by atoms with Gasteiger partial charge in [-0.1, -0.05) is 200 Å². The fourth-order valence-electron chi connectivity index (χ4n) is 9.47. The first kappa shape index (κ1) is 37.2. The summed E-state index contributed by atoms with van der Waals surface area (Å²) in [6.45, 7) is 0. The van der Waals surface area contributed by atoms with Crippen LogP contribution in [-0.4, -0.2) is 0 Å². The first-order chi connectivity index (χ1) is 31.3. The lowest BCUT2D eigenvalue weighted by Gasteiger charge is -2.26. The molecular formula is C60H39NS2. The van der Waals surface area contributed by atoms with Gasteiger partial charge in [-0.3, -0.25) is 0 Å². The Labute approximate surface area is 375 Å². The molecule has 0 atom stereocenters. The molecule has 0 N–H and O–H groups in total. The van der Waals surface area contributed by atoms with Crippen LogP contribution < -0.4 is 4.90 Å². The van der Waals surface area contributed by atoms with Gasteiger partial charge < -0.3 is 4.90 Å². The fraction of sp³-hybridized carbons (Fsp3) is 0. The second kappa shape index (κ2) is 15.7. The van der Waals surface area contributed by atoms with Crippen molar-refractivity contribution in [3.63, 3.8) is 0 Å². The van der Waals surface area contributed by atoms with E-state index in [0.29, 0.717) is 0 Å². The topological polar surface area (TPSA) is 3.24 Å². The van der Waals surface area contributed by atoms with Gasteiger partial charge in [0, 0.05) is 52.6 Å². The number of benzene rings is 10. The molecule has 0 aliphatic heterocycles. The largest absolute Gasteiger partial charge is 0.309 e. The Hall–Kier alpha value is -7.56. The lowest BCUT2D eigenvalue weighted by atomic mass is 9.80. The third-order valence-electron chi connectivity index (χ3n) is 12.3. The van der Waals surface area contributed by atoms with Crippen molar-refractivity contribution >= 4 is 80.1 Å². The van der Waals surface area contributed by atoms with Gasteiger partial charge >= 0.3 is 0 Å². The van der Waals surface area contributed by atoms with E-state index in [1.165, 1.54) is 96.0 Å². The zero-order chi connectivity index (χ0) is 41.7. The molecular weight excluding hydrogens is 799 g/mol. The van der Waals surface area contributed by atoms with Gasteiger partial charge in [-0.15, -0.1) is 22.7 Å². The zero-order valence-corrected chi connectivity index (χ0v) is 35.9. The summed E-state index contributed by atoms with van der Waals surface area (Å²) in [4.78, 5) is 2.48. The summed E-state index contributed by atoms with van der Waals surface area (Å²) in [5.74, 6) is 0. The van der Waals surface area contributed by atoms with E-state index >= 15 is 0 Å². The molecule has 10 aromatic carbocycles. The average molecular weight is 838 g/mol. The molecule has 63 heavy (non-hydrogen) atoms. The second-order valence-electron chi connectivity index (χ2n) is 16.0. The van der Waals surface area contributed by atoms with Gasteiger partial charge in [-0.05, 0) is 86.5 Å². The van der Waals surface area contributed by atoms with Gasteiger partial charge in [0.15, 0.2) is 0 Å². The number of rotatable bonds is 8. The molecule has 12 aromatic rings. The average Bonchev–Trinajstić information content (AvgIpc) is 3.94. The highest BCUT2D eigenvalue weighted by atomic mass is 32.1. The van der Waals surface area contributed by atoms with Gasteiger partial charge in [-0.2, -0.15) is 0 Å². The number of thiophene rings is 2. The number of nitrogens with zero attached hydrogens (tertiary/aromatic N) is 1. The molecule has 0 unspecified atom stereocenters. The Balaban J connectivity index is 1.21. The van der Waals surface area contributed by atoms with Crippen molar-refractivity contribution in [3.8, 4) is 55.6 Å². The van der Waals surface area contributed by atoms with E-state index in [1.807, 2.05) is 22.7 Å². The standard InChI is InChI=1S/C60H39NS2/c1-6-19-40(20-7-1)41-33-35-46(36-34-41)61(47-37-38-49-48-29-16-17-32-52(48)62-53(49)39-47)51-31-18-30-50-58-56(44-25-12-4-13-26-44)54(42-21-8-2-9-22-42)55(43-23-10-3-11-24-43)57(60(58)63-59(50)51)45-27-14-5-15-28-45/h1-39H. The monoisotopic (exact) mass is 837 g/mol. The first-order valence-electron chi connectivity index (χ1n) is 21.4. The van der Waals surface area contributed by atoms with Gasteiger partial charge in [0.25, 0.3) is 0 Å². The molecule has 0 amide bonds. The minimum Gasteiger partial charge on any atom is -0.309 e. The summed E-state index contributed by atoms with van der Waals surface area (Å²) < 4.78 is 5.11. The summed E-state index contributed by atoms with van der Waals surface area (Å²) in [5, 5.41) is 5.12. The van der Waals surface area contributed by atoms with E-state index < -0.39 is 0 Å². The molecule has 0 radical (unpaired) electrons. The molecule has 0 saturated heterocycles. The van der Waals surface area contributed by atoms with Crippen LogP contribution in [0.3, 0.4) is 0 Å². The molecule has 0 bridgehead atoms. The summed E-state index contributed by atoms with van der Waals surface area (Å²) in [5.41, 5.74) is 15.6. The molecule has 296 valence electrons. The van der Waals surface area contributed by atoms with Crippen LogP contribution in [0.2, 0.25) is 0 Å². The molecule has 3 heteroatoms. The first-order valence-corrected chi connectivity index (χ1v) is 23.1. The molecule has 2 aromatic heterocycles. The van der Waals surface area contributed by atoms with Crippen LogP contribution in [0.4, 0.5) is 17.1 Å². The second-order valence-corrected chi connectivity index (χ2v) is 18.1. The molecule has 0 spiro atoms. The number of hydrogen-bond acceptors (Lipinski definition) is 3. The van der Waals surface area contributed by atoms with E-state index in [4.69, 9.17) is 0 Å². The van der Waals surface area contributed by atoms with Gasteiger partial charge in [0.05, 0.1) is 10.4 Å². The lowest BCUT2D eigenvalue weighted by molar-refractivity contribution is 1.31. The van der Waals surface area contributed by atoms with Crippen LogP contribution in [0.25, 0.3) is 96.0 Å². The van der Waals surface area contributed by atoms with Gasteiger partial charge in [-0.25, -0.2) is 0 Å². The van der Waals surface area contributed by atoms with E-state index in [2.05, 4.69) is 241 Å². The Morgan fingerprint density at radius 1 is 0.270 bits per heavy atom. The maximum atomic E-state index is 2.48. The quantitative estimate of drug-likeness (QED) is 0.147. The summed E-state index contributed by atoms with van der Waals surface area (Å²) >= 11 is 3.78. The predicted molar refractivity (Wildman–Crippen MR) is 274 cm³/mol. The fourth-order valence-corrected chi connectivity index (χ4v) is 12.0. The summed E-state index contributed by atoms with van der Waals surface area (Å²) in [6.07, 6.45) is 0. The van der Waals surface area contributed by atoms with Crippen LogP contribution in [-0.2, 0) is 0 Å². The van der Waals surface area contributed by atoms with Gasteiger partial charge in [0.1, 0.15) is 0 Å².